The summed E-state index contributed by atoms with van der Waals surface area (Å²) in [7, 11) is 0. The van der Waals surface area contributed by atoms with Gasteiger partial charge in [-0.05, 0) is 75.0 Å². The molecule has 3 nitrogen and oxygen atoms in total. The topological polar surface area (TPSA) is 46.5 Å². The third kappa shape index (κ3) is 2.38. The third-order valence-corrected chi connectivity index (χ3v) is 8.03. The van der Waals surface area contributed by atoms with Crippen molar-refractivity contribution >= 4 is 5.97 Å². The summed E-state index contributed by atoms with van der Waals surface area (Å²) in [5.41, 5.74) is 3.84. The van der Waals surface area contributed by atoms with Crippen molar-refractivity contribution in [2.45, 2.75) is 90.8 Å². The van der Waals surface area contributed by atoms with Crippen molar-refractivity contribution in [1.29, 1.82) is 0 Å². The number of carbonyl (C=O) groups is 1. The van der Waals surface area contributed by atoms with Gasteiger partial charge in [-0.25, -0.2) is 0 Å². The number of aliphatic hydroxyl groups is 1. The van der Waals surface area contributed by atoms with Gasteiger partial charge >= 0.3 is 5.97 Å². The summed E-state index contributed by atoms with van der Waals surface area (Å²) in [4.78, 5) is 11.5. The van der Waals surface area contributed by atoms with Crippen molar-refractivity contribution in [3.63, 3.8) is 0 Å². The molecule has 4 aliphatic carbocycles. The summed E-state index contributed by atoms with van der Waals surface area (Å²) in [5.74, 6) is 1.25. The molecule has 0 amide bonds. The highest BCUT2D eigenvalue weighted by Gasteiger charge is 2.56. The minimum Gasteiger partial charge on any atom is -0.462 e. The predicted octanol–water partition coefficient (Wildman–Crippen LogP) is 4.39. The van der Waals surface area contributed by atoms with Gasteiger partial charge in [0.2, 0.25) is 0 Å². The first-order chi connectivity index (χ1) is 11.3. The van der Waals surface area contributed by atoms with Crippen LogP contribution in [-0.4, -0.2) is 23.3 Å². The number of allylic oxidation sites excluding steroid dienone is 2. The zero-order chi connectivity index (χ0) is 17.1. The first-order valence-electron chi connectivity index (χ1n) is 9.91. The average molecular weight is 332 g/mol. The molecule has 0 aliphatic heterocycles. The lowest BCUT2D eigenvalue weighted by atomic mass is 9.53. The summed E-state index contributed by atoms with van der Waals surface area (Å²) >= 11 is 0. The molecule has 0 aromatic carbocycles. The molecule has 4 rings (SSSR count). The minimum absolute atomic E-state index is 0.107. The van der Waals surface area contributed by atoms with Crippen LogP contribution in [0, 0.1) is 22.7 Å². The van der Waals surface area contributed by atoms with E-state index in [4.69, 9.17) is 4.74 Å². The molecule has 0 spiro atoms. The Bertz CT molecular complexity index is 580. The molecular formula is C21H32O3. The van der Waals surface area contributed by atoms with Crippen LogP contribution in [0.2, 0.25) is 0 Å². The van der Waals surface area contributed by atoms with E-state index < -0.39 is 0 Å². The fourth-order valence-corrected chi connectivity index (χ4v) is 6.85. The van der Waals surface area contributed by atoms with Crippen molar-refractivity contribution in [2.24, 2.45) is 22.7 Å². The summed E-state index contributed by atoms with van der Waals surface area (Å²) in [6.07, 6.45) is 10.1. The van der Waals surface area contributed by atoms with Crippen molar-refractivity contribution < 1.29 is 14.6 Å². The second-order valence-electron chi connectivity index (χ2n) is 9.39. The van der Waals surface area contributed by atoms with Crippen LogP contribution in [0.15, 0.2) is 11.1 Å². The molecule has 24 heavy (non-hydrogen) atoms. The van der Waals surface area contributed by atoms with Crippen LogP contribution >= 0.6 is 0 Å². The molecule has 0 heterocycles. The number of rotatable bonds is 1. The normalized spacial score (nSPS) is 47.7. The lowest BCUT2D eigenvalue weighted by Crippen LogP contribution is -2.46. The van der Waals surface area contributed by atoms with Gasteiger partial charge in [-0.15, -0.1) is 0 Å². The number of hydrogen-bond acceptors (Lipinski definition) is 3. The van der Waals surface area contributed by atoms with E-state index in [9.17, 15) is 9.90 Å². The second kappa shape index (κ2) is 5.59. The van der Waals surface area contributed by atoms with Crippen molar-refractivity contribution in [2.75, 3.05) is 0 Å². The van der Waals surface area contributed by atoms with Crippen molar-refractivity contribution in [3.8, 4) is 0 Å². The van der Waals surface area contributed by atoms with Crippen LogP contribution in [0.5, 0.6) is 0 Å². The fraction of sp³-hybridized carbons (Fsp3) is 0.857. The van der Waals surface area contributed by atoms with Gasteiger partial charge in [0.1, 0.15) is 6.10 Å². The van der Waals surface area contributed by atoms with E-state index >= 15 is 0 Å². The second-order valence-corrected chi connectivity index (χ2v) is 9.39. The Balaban J connectivity index is 1.64. The Labute approximate surface area is 145 Å². The van der Waals surface area contributed by atoms with Crippen LogP contribution in [0.3, 0.4) is 0 Å². The van der Waals surface area contributed by atoms with E-state index in [1.165, 1.54) is 25.7 Å². The zero-order valence-corrected chi connectivity index (χ0v) is 15.4. The predicted molar refractivity (Wildman–Crippen MR) is 93.3 cm³/mol. The van der Waals surface area contributed by atoms with Crippen molar-refractivity contribution in [1.82, 2.24) is 0 Å². The third-order valence-electron chi connectivity index (χ3n) is 8.03. The van der Waals surface area contributed by atoms with Crippen LogP contribution in [0.1, 0.15) is 78.6 Å². The Morgan fingerprint density at radius 3 is 2.67 bits per heavy atom. The largest absolute Gasteiger partial charge is 0.462 e. The van der Waals surface area contributed by atoms with Gasteiger partial charge < -0.3 is 9.84 Å². The van der Waals surface area contributed by atoms with E-state index in [0.29, 0.717) is 11.8 Å². The van der Waals surface area contributed by atoms with Gasteiger partial charge in [-0.3, -0.25) is 4.79 Å². The number of esters is 1. The van der Waals surface area contributed by atoms with Gasteiger partial charge in [-0.1, -0.05) is 25.0 Å². The summed E-state index contributed by atoms with van der Waals surface area (Å²) in [6.45, 7) is 6.31. The standard InChI is InChI=1S/C21H32O3/c1-13(22)24-19-7-6-18-16-8-10-20(2)12-14(23)4-5-17(20)15(16)9-11-21(18,19)3/h14,16,18-19,23H,4-12H2,1-3H3/t14-,16-,18+,19+,20-,21+/m1/s1. The summed E-state index contributed by atoms with van der Waals surface area (Å²) in [6, 6.07) is 0. The van der Waals surface area contributed by atoms with Gasteiger partial charge in [0.25, 0.3) is 0 Å². The number of fused-ring (bicyclic) bond motifs is 4. The molecule has 0 radical (unpaired) electrons. The Morgan fingerprint density at radius 2 is 1.92 bits per heavy atom. The number of ether oxygens (including phenoxy) is 1. The average Bonchev–Trinajstić information content (AvgIpc) is 2.82. The highest BCUT2D eigenvalue weighted by molar-refractivity contribution is 5.66. The molecule has 0 unspecified atom stereocenters. The highest BCUT2D eigenvalue weighted by atomic mass is 16.5. The molecule has 3 fully saturated rings. The molecule has 0 bridgehead atoms. The monoisotopic (exact) mass is 332 g/mol. The molecule has 6 atom stereocenters. The van der Waals surface area contributed by atoms with E-state index in [2.05, 4.69) is 13.8 Å². The highest BCUT2D eigenvalue weighted by Crippen LogP contribution is 2.63. The number of aliphatic hydroxyl groups excluding tert-OH is 1. The number of carbonyl (C=O) groups excluding carboxylic acids is 1. The maximum atomic E-state index is 11.5. The molecule has 0 saturated heterocycles. The smallest absolute Gasteiger partial charge is 0.302 e. The molecular weight excluding hydrogens is 300 g/mol. The van der Waals surface area contributed by atoms with Crippen LogP contribution in [0.25, 0.3) is 0 Å². The molecule has 1 N–H and O–H groups in total. The molecule has 3 heteroatoms. The quantitative estimate of drug-likeness (QED) is 0.572. The van der Waals surface area contributed by atoms with Crippen LogP contribution < -0.4 is 0 Å². The first kappa shape index (κ1) is 16.6. The van der Waals surface area contributed by atoms with Crippen molar-refractivity contribution in [3.05, 3.63) is 11.1 Å². The van der Waals surface area contributed by atoms with E-state index in [-0.39, 0.29) is 29.0 Å². The lowest BCUT2D eigenvalue weighted by Gasteiger charge is -2.53. The SMILES string of the molecule is CC(=O)O[C@H]1CC[C@H]2[C@@H]3CC[C@]4(C)C[C@H](O)CCC4=C3CC[C@]12C. The first-order valence-corrected chi connectivity index (χ1v) is 9.91. The van der Waals surface area contributed by atoms with Crippen LogP contribution in [-0.2, 0) is 9.53 Å². The number of hydrogen-bond donors (Lipinski definition) is 1. The summed E-state index contributed by atoms with van der Waals surface area (Å²) < 4.78 is 5.72. The van der Waals surface area contributed by atoms with E-state index in [1.807, 2.05) is 0 Å². The fourth-order valence-electron chi connectivity index (χ4n) is 6.85. The minimum atomic E-state index is -0.122. The lowest BCUT2D eigenvalue weighted by molar-refractivity contribution is -0.153. The Kier molecular flexibility index (Phi) is 3.87. The van der Waals surface area contributed by atoms with Gasteiger partial charge in [0.05, 0.1) is 6.10 Å². The van der Waals surface area contributed by atoms with Crippen LogP contribution in [0.4, 0.5) is 0 Å². The maximum Gasteiger partial charge on any atom is 0.302 e. The Morgan fingerprint density at radius 1 is 1.12 bits per heavy atom. The molecule has 3 saturated carbocycles. The van der Waals surface area contributed by atoms with E-state index in [1.54, 1.807) is 18.1 Å². The molecule has 0 aromatic heterocycles. The van der Waals surface area contributed by atoms with E-state index in [0.717, 1.165) is 32.1 Å². The van der Waals surface area contributed by atoms with Gasteiger partial charge in [-0.2, -0.15) is 0 Å². The van der Waals surface area contributed by atoms with Gasteiger partial charge in [0, 0.05) is 12.3 Å². The maximum absolute atomic E-state index is 11.5. The van der Waals surface area contributed by atoms with Gasteiger partial charge in [0.15, 0.2) is 0 Å². The Hall–Kier alpha value is -0.830. The molecule has 4 aliphatic rings. The molecule has 134 valence electrons. The molecule has 0 aromatic rings. The zero-order valence-electron chi connectivity index (χ0n) is 15.4. The summed E-state index contributed by atoms with van der Waals surface area (Å²) in [5, 5.41) is 10.1.